The summed E-state index contributed by atoms with van der Waals surface area (Å²) in [5, 5.41) is 5.23. The molecule has 3 aromatic carbocycles. The van der Waals surface area contributed by atoms with Crippen molar-refractivity contribution in [3.63, 3.8) is 0 Å². The Bertz CT molecular complexity index is 1320. The van der Waals surface area contributed by atoms with Crippen molar-refractivity contribution in [1.29, 1.82) is 0 Å². The van der Waals surface area contributed by atoms with Crippen LogP contribution in [0.25, 0.3) is 0 Å². The normalized spacial score (nSPS) is 10.9. The van der Waals surface area contributed by atoms with Gasteiger partial charge in [0.2, 0.25) is 5.91 Å². The van der Waals surface area contributed by atoms with E-state index in [9.17, 15) is 18.0 Å². The predicted octanol–water partition coefficient (Wildman–Crippen LogP) is 3.79. The Hall–Kier alpha value is -3.85. The second-order valence-electron chi connectivity index (χ2n) is 7.86. The molecule has 34 heavy (non-hydrogen) atoms. The van der Waals surface area contributed by atoms with Crippen LogP contribution in [-0.4, -0.2) is 33.9 Å². The average Bonchev–Trinajstić information content (AvgIpc) is 2.80. The Morgan fingerprint density at radius 3 is 2.24 bits per heavy atom. The number of hydrogen-bond acceptors (Lipinski definition) is 5. The van der Waals surface area contributed by atoms with Gasteiger partial charge in [0.25, 0.3) is 15.9 Å². The number of aryl methyl sites for hydroxylation is 3. The first-order valence-electron chi connectivity index (χ1n) is 10.5. The number of anilines is 2. The van der Waals surface area contributed by atoms with Crippen LogP contribution in [0.2, 0.25) is 0 Å². The third-order valence-corrected chi connectivity index (χ3v) is 6.62. The van der Waals surface area contributed by atoms with E-state index in [1.165, 1.54) is 31.4 Å². The summed E-state index contributed by atoms with van der Waals surface area (Å²) >= 11 is 0. The highest BCUT2D eigenvalue weighted by molar-refractivity contribution is 7.92. The van der Waals surface area contributed by atoms with Gasteiger partial charge in [-0.05, 0) is 86.0 Å². The highest BCUT2D eigenvalue weighted by Gasteiger charge is 2.16. The van der Waals surface area contributed by atoms with E-state index in [0.29, 0.717) is 17.1 Å². The van der Waals surface area contributed by atoms with Crippen LogP contribution in [-0.2, 0) is 14.8 Å². The summed E-state index contributed by atoms with van der Waals surface area (Å²) in [6.07, 6.45) is 0. The van der Waals surface area contributed by atoms with E-state index in [-0.39, 0.29) is 17.0 Å². The Labute approximate surface area is 199 Å². The average molecular weight is 482 g/mol. The fourth-order valence-electron chi connectivity index (χ4n) is 3.18. The minimum Gasteiger partial charge on any atom is -0.495 e. The lowest BCUT2D eigenvalue weighted by molar-refractivity contribution is -0.115. The van der Waals surface area contributed by atoms with Gasteiger partial charge in [-0.15, -0.1) is 0 Å². The maximum absolute atomic E-state index is 12.7. The molecule has 3 aromatic rings. The van der Waals surface area contributed by atoms with E-state index in [2.05, 4.69) is 15.4 Å². The van der Waals surface area contributed by atoms with Gasteiger partial charge >= 0.3 is 0 Å². The molecule has 0 aliphatic rings. The Kier molecular flexibility index (Phi) is 7.57. The SMILES string of the molecule is COc1ccc(C)cc1NC(=O)CNC(=O)c1ccc(S(=O)(=O)Nc2ccc(C)c(C)c2)cc1. The molecule has 8 nitrogen and oxygen atoms in total. The molecule has 0 saturated heterocycles. The van der Waals surface area contributed by atoms with Gasteiger partial charge in [0, 0.05) is 11.3 Å². The van der Waals surface area contributed by atoms with Crippen LogP contribution < -0.4 is 20.1 Å². The molecule has 3 rings (SSSR count). The Morgan fingerprint density at radius 2 is 1.59 bits per heavy atom. The number of carbonyl (C=O) groups is 2. The van der Waals surface area contributed by atoms with Crippen molar-refractivity contribution < 1.29 is 22.7 Å². The highest BCUT2D eigenvalue weighted by Crippen LogP contribution is 2.25. The standard InChI is InChI=1S/C25H27N3O5S/c1-16-5-12-23(33-4)22(13-16)27-24(29)15-26-25(30)19-7-10-21(11-8-19)34(31,32)28-20-9-6-17(2)18(3)14-20/h5-14,28H,15H2,1-4H3,(H,26,30)(H,27,29). The summed E-state index contributed by atoms with van der Waals surface area (Å²) in [4.78, 5) is 24.7. The van der Waals surface area contributed by atoms with E-state index >= 15 is 0 Å². The molecule has 0 aromatic heterocycles. The van der Waals surface area contributed by atoms with Gasteiger partial charge in [0.1, 0.15) is 5.75 Å². The Balaban J connectivity index is 1.60. The largest absolute Gasteiger partial charge is 0.495 e. The summed E-state index contributed by atoms with van der Waals surface area (Å²) in [5.74, 6) is -0.414. The molecule has 0 aliphatic carbocycles. The van der Waals surface area contributed by atoms with Crippen molar-refractivity contribution in [2.45, 2.75) is 25.7 Å². The summed E-state index contributed by atoms with van der Waals surface area (Å²) in [6, 6.07) is 16.1. The van der Waals surface area contributed by atoms with Gasteiger partial charge in [-0.25, -0.2) is 8.42 Å². The molecule has 0 saturated carbocycles. The molecule has 178 valence electrons. The fourth-order valence-corrected chi connectivity index (χ4v) is 4.23. The van der Waals surface area contributed by atoms with Gasteiger partial charge in [0.15, 0.2) is 0 Å². The molecular weight excluding hydrogens is 454 g/mol. The molecule has 3 N–H and O–H groups in total. The highest BCUT2D eigenvalue weighted by atomic mass is 32.2. The van der Waals surface area contributed by atoms with E-state index in [4.69, 9.17) is 4.74 Å². The number of hydrogen-bond donors (Lipinski definition) is 3. The third-order valence-electron chi connectivity index (χ3n) is 5.22. The zero-order valence-electron chi connectivity index (χ0n) is 19.4. The zero-order valence-corrected chi connectivity index (χ0v) is 20.2. The number of sulfonamides is 1. The quantitative estimate of drug-likeness (QED) is 0.453. The molecule has 9 heteroatoms. The van der Waals surface area contributed by atoms with Gasteiger partial charge < -0.3 is 15.4 Å². The first-order chi connectivity index (χ1) is 16.1. The van der Waals surface area contributed by atoms with E-state index < -0.39 is 21.8 Å². The molecule has 0 unspecified atom stereocenters. The Morgan fingerprint density at radius 1 is 0.882 bits per heavy atom. The van der Waals surface area contributed by atoms with Gasteiger partial charge in [-0.3, -0.25) is 14.3 Å². The number of nitrogens with one attached hydrogen (secondary N) is 3. The zero-order chi connectivity index (χ0) is 24.9. The maximum atomic E-state index is 12.7. The van der Waals surface area contributed by atoms with Crippen molar-refractivity contribution >= 4 is 33.2 Å². The summed E-state index contributed by atoms with van der Waals surface area (Å²) in [5.41, 5.74) is 4.17. The van der Waals surface area contributed by atoms with Crippen molar-refractivity contribution in [3.05, 3.63) is 82.9 Å². The number of benzene rings is 3. The van der Waals surface area contributed by atoms with Crippen LogP contribution in [0.3, 0.4) is 0 Å². The van der Waals surface area contributed by atoms with Crippen LogP contribution in [0.1, 0.15) is 27.0 Å². The van der Waals surface area contributed by atoms with E-state index in [1.807, 2.05) is 32.9 Å². The molecule has 0 bridgehead atoms. The fraction of sp³-hybridized carbons (Fsp3) is 0.200. The summed E-state index contributed by atoms with van der Waals surface area (Å²) in [7, 11) is -2.31. The summed E-state index contributed by atoms with van der Waals surface area (Å²) < 4.78 is 33.1. The first kappa shape index (κ1) is 24.8. The van der Waals surface area contributed by atoms with Crippen LogP contribution in [0.15, 0.2) is 65.6 Å². The summed E-state index contributed by atoms with van der Waals surface area (Å²) in [6.45, 7) is 5.47. The van der Waals surface area contributed by atoms with Crippen LogP contribution in [0.5, 0.6) is 5.75 Å². The number of carbonyl (C=O) groups excluding carboxylic acids is 2. The minimum atomic E-state index is -3.81. The number of amides is 2. The number of ether oxygens (including phenoxy) is 1. The van der Waals surface area contributed by atoms with Crippen molar-refractivity contribution in [3.8, 4) is 5.75 Å². The van der Waals surface area contributed by atoms with Gasteiger partial charge in [0.05, 0.1) is 24.2 Å². The lowest BCUT2D eigenvalue weighted by Gasteiger charge is -2.12. The number of methoxy groups -OCH3 is 1. The molecule has 2 amide bonds. The van der Waals surface area contributed by atoms with Crippen LogP contribution >= 0.6 is 0 Å². The number of rotatable bonds is 8. The lowest BCUT2D eigenvalue weighted by Crippen LogP contribution is -2.33. The lowest BCUT2D eigenvalue weighted by atomic mass is 10.1. The predicted molar refractivity (Wildman–Crippen MR) is 132 cm³/mol. The topological polar surface area (TPSA) is 114 Å². The van der Waals surface area contributed by atoms with E-state index in [0.717, 1.165) is 16.7 Å². The second-order valence-corrected chi connectivity index (χ2v) is 9.55. The van der Waals surface area contributed by atoms with Crippen molar-refractivity contribution in [2.75, 3.05) is 23.7 Å². The molecule has 0 atom stereocenters. The molecule has 0 spiro atoms. The maximum Gasteiger partial charge on any atom is 0.261 e. The van der Waals surface area contributed by atoms with E-state index in [1.54, 1.807) is 24.3 Å². The molecule has 0 aliphatic heterocycles. The molecular formula is C25H27N3O5S. The third kappa shape index (κ3) is 6.14. The first-order valence-corrected chi connectivity index (χ1v) is 12.0. The monoisotopic (exact) mass is 481 g/mol. The molecule has 0 radical (unpaired) electrons. The molecule has 0 fully saturated rings. The van der Waals surface area contributed by atoms with Crippen LogP contribution in [0.4, 0.5) is 11.4 Å². The van der Waals surface area contributed by atoms with Crippen molar-refractivity contribution in [1.82, 2.24) is 5.32 Å². The molecule has 0 heterocycles. The van der Waals surface area contributed by atoms with Gasteiger partial charge in [-0.1, -0.05) is 12.1 Å². The smallest absolute Gasteiger partial charge is 0.261 e. The van der Waals surface area contributed by atoms with Crippen molar-refractivity contribution in [2.24, 2.45) is 0 Å². The second kappa shape index (κ2) is 10.4. The van der Waals surface area contributed by atoms with Crippen LogP contribution in [0, 0.1) is 20.8 Å². The van der Waals surface area contributed by atoms with Gasteiger partial charge in [-0.2, -0.15) is 0 Å². The minimum absolute atomic E-state index is 0.0200.